The van der Waals surface area contributed by atoms with Crippen molar-refractivity contribution in [2.75, 3.05) is 11.9 Å². The summed E-state index contributed by atoms with van der Waals surface area (Å²) in [7, 11) is 0. The van der Waals surface area contributed by atoms with E-state index in [2.05, 4.69) is 5.32 Å². The molecule has 1 aliphatic carbocycles. The molecule has 0 saturated heterocycles. The van der Waals surface area contributed by atoms with E-state index in [-0.39, 0.29) is 18.6 Å². The SMILES string of the molecule is CCOC(=O)c1c(NC(=O)C2CC=CCC2C(=O)O)sc(C)c1-c1ccc(F)cc1. The van der Waals surface area contributed by atoms with Gasteiger partial charge in [-0.25, -0.2) is 9.18 Å². The monoisotopic (exact) mass is 431 g/mol. The Labute approximate surface area is 177 Å². The van der Waals surface area contributed by atoms with Crippen LogP contribution in [0.3, 0.4) is 0 Å². The summed E-state index contributed by atoms with van der Waals surface area (Å²) in [6.07, 6.45) is 4.14. The van der Waals surface area contributed by atoms with E-state index < -0.39 is 35.5 Å². The molecule has 1 aromatic heterocycles. The van der Waals surface area contributed by atoms with Crippen LogP contribution in [0, 0.1) is 24.6 Å². The Morgan fingerprint density at radius 1 is 1.17 bits per heavy atom. The average molecular weight is 431 g/mol. The number of carboxylic acid groups (broad SMARTS) is 1. The summed E-state index contributed by atoms with van der Waals surface area (Å²) in [5.74, 6) is -4.04. The summed E-state index contributed by atoms with van der Waals surface area (Å²) in [6, 6.07) is 5.72. The molecule has 30 heavy (non-hydrogen) atoms. The summed E-state index contributed by atoms with van der Waals surface area (Å²) < 4.78 is 18.6. The van der Waals surface area contributed by atoms with Gasteiger partial charge in [-0.3, -0.25) is 9.59 Å². The minimum atomic E-state index is -1.03. The minimum Gasteiger partial charge on any atom is -0.481 e. The van der Waals surface area contributed by atoms with Crippen LogP contribution >= 0.6 is 11.3 Å². The van der Waals surface area contributed by atoms with Crippen molar-refractivity contribution < 1.29 is 28.6 Å². The van der Waals surface area contributed by atoms with E-state index >= 15 is 0 Å². The van der Waals surface area contributed by atoms with E-state index in [1.165, 1.54) is 23.5 Å². The smallest absolute Gasteiger partial charge is 0.341 e. The highest BCUT2D eigenvalue weighted by Crippen LogP contribution is 2.41. The highest BCUT2D eigenvalue weighted by molar-refractivity contribution is 7.17. The predicted octanol–water partition coefficient (Wildman–Crippen LogP) is 4.64. The lowest BCUT2D eigenvalue weighted by molar-refractivity contribution is -0.146. The Balaban J connectivity index is 2.00. The summed E-state index contributed by atoms with van der Waals surface area (Å²) in [5, 5.41) is 12.5. The maximum Gasteiger partial charge on any atom is 0.341 e. The molecule has 1 aliphatic rings. The number of carbonyl (C=O) groups excluding carboxylic acids is 2. The second-order valence-electron chi connectivity index (χ2n) is 6.95. The Hall–Kier alpha value is -3.00. The van der Waals surface area contributed by atoms with Gasteiger partial charge in [0.25, 0.3) is 0 Å². The highest BCUT2D eigenvalue weighted by atomic mass is 32.1. The largest absolute Gasteiger partial charge is 0.481 e. The van der Waals surface area contributed by atoms with Crippen LogP contribution < -0.4 is 5.32 Å². The number of hydrogen-bond donors (Lipinski definition) is 2. The molecule has 0 bridgehead atoms. The molecule has 1 aromatic carbocycles. The van der Waals surface area contributed by atoms with E-state index in [0.717, 1.165) is 4.88 Å². The van der Waals surface area contributed by atoms with Crippen molar-refractivity contribution in [1.29, 1.82) is 0 Å². The zero-order chi connectivity index (χ0) is 21.8. The first-order valence-corrected chi connectivity index (χ1v) is 10.4. The Kier molecular flexibility index (Phi) is 6.66. The summed E-state index contributed by atoms with van der Waals surface area (Å²) in [4.78, 5) is 37.9. The maximum absolute atomic E-state index is 13.4. The van der Waals surface area contributed by atoms with E-state index in [0.29, 0.717) is 22.5 Å². The number of esters is 1. The minimum absolute atomic E-state index is 0.151. The zero-order valence-electron chi connectivity index (χ0n) is 16.6. The van der Waals surface area contributed by atoms with Crippen molar-refractivity contribution in [3.8, 4) is 11.1 Å². The van der Waals surface area contributed by atoms with Gasteiger partial charge in [0.1, 0.15) is 16.4 Å². The second kappa shape index (κ2) is 9.21. The van der Waals surface area contributed by atoms with Crippen LogP contribution in [0.2, 0.25) is 0 Å². The zero-order valence-corrected chi connectivity index (χ0v) is 17.4. The van der Waals surface area contributed by atoms with Gasteiger partial charge >= 0.3 is 11.9 Å². The van der Waals surface area contributed by atoms with Gasteiger partial charge in [-0.05, 0) is 44.4 Å². The van der Waals surface area contributed by atoms with Gasteiger partial charge in [-0.2, -0.15) is 0 Å². The quantitative estimate of drug-likeness (QED) is 0.513. The number of benzene rings is 1. The lowest BCUT2D eigenvalue weighted by Gasteiger charge is -2.24. The molecule has 6 nitrogen and oxygen atoms in total. The topological polar surface area (TPSA) is 92.7 Å². The van der Waals surface area contributed by atoms with Gasteiger partial charge in [0.2, 0.25) is 5.91 Å². The lowest BCUT2D eigenvalue weighted by atomic mass is 9.82. The number of halogens is 1. The lowest BCUT2D eigenvalue weighted by Crippen LogP contribution is -2.34. The molecule has 1 heterocycles. The maximum atomic E-state index is 13.4. The number of ether oxygens (including phenoxy) is 1. The standard InChI is InChI=1S/C22H22FNO5S/c1-3-29-22(28)18-17(13-8-10-14(23)11-9-13)12(2)30-20(18)24-19(25)15-6-4-5-7-16(15)21(26)27/h4-5,8-11,15-16H,3,6-7H2,1-2H3,(H,24,25)(H,26,27). The Bertz CT molecular complexity index is 996. The molecular formula is C22H22FNO5S. The average Bonchev–Trinajstić information content (AvgIpc) is 3.04. The molecule has 2 unspecified atom stereocenters. The van der Waals surface area contributed by atoms with E-state index in [1.807, 2.05) is 0 Å². The number of anilines is 1. The van der Waals surface area contributed by atoms with E-state index in [4.69, 9.17) is 4.74 Å². The molecule has 0 radical (unpaired) electrons. The van der Waals surface area contributed by atoms with E-state index in [9.17, 15) is 23.9 Å². The summed E-state index contributed by atoms with van der Waals surface area (Å²) in [5.41, 5.74) is 1.38. The molecule has 1 amide bonds. The van der Waals surface area contributed by atoms with Crippen LogP contribution in [0.25, 0.3) is 11.1 Å². The number of aryl methyl sites for hydroxylation is 1. The van der Waals surface area contributed by atoms with Gasteiger partial charge in [-0.15, -0.1) is 11.3 Å². The van der Waals surface area contributed by atoms with Crippen molar-refractivity contribution >= 4 is 34.2 Å². The Morgan fingerprint density at radius 3 is 2.40 bits per heavy atom. The first-order valence-electron chi connectivity index (χ1n) is 9.58. The highest BCUT2D eigenvalue weighted by Gasteiger charge is 2.35. The van der Waals surface area contributed by atoms with Crippen LogP contribution in [0.15, 0.2) is 36.4 Å². The molecule has 158 valence electrons. The third-order valence-corrected chi connectivity index (χ3v) is 6.04. The molecule has 0 aliphatic heterocycles. The number of rotatable bonds is 6. The molecule has 2 atom stereocenters. The molecular weight excluding hydrogens is 409 g/mol. The number of allylic oxidation sites excluding steroid dienone is 2. The van der Waals surface area contributed by atoms with Crippen molar-refractivity contribution in [1.82, 2.24) is 0 Å². The van der Waals surface area contributed by atoms with Gasteiger partial charge in [0.15, 0.2) is 0 Å². The van der Waals surface area contributed by atoms with Gasteiger partial charge in [-0.1, -0.05) is 24.3 Å². The summed E-state index contributed by atoms with van der Waals surface area (Å²) >= 11 is 1.20. The normalized spacial score (nSPS) is 18.1. The summed E-state index contributed by atoms with van der Waals surface area (Å²) in [6.45, 7) is 3.63. The molecule has 2 N–H and O–H groups in total. The third kappa shape index (κ3) is 4.43. The second-order valence-corrected chi connectivity index (χ2v) is 8.17. The number of amides is 1. The molecule has 3 rings (SSSR count). The molecule has 2 aromatic rings. The first-order chi connectivity index (χ1) is 14.3. The van der Waals surface area contributed by atoms with Gasteiger partial charge in [0.05, 0.1) is 18.4 Å². The van der Waals surface area contributed by atoms with Crippen LogP contribution in [0.5, 0.6) is 0 Å². The van der Waals surface area contributed by atoms with Crippen LogP contribution in [-0.2, 0) is 14.3 Å². The number of nitrogens with one attached hydrogen (secondary N) is 1. The Morgan fingerprint density at radius 2 is 1.80 bits per heavy atom. The fourth-order valence-corrected chi connectivity index (χ4v) is 4.64. The third-order valence-electron chi connectivity index (χ3n) is 5.02. The van der Waals surface area contributed by atoms with Crippen molar-refractivity contribution in [2.45, 2.75) is 26.7 Å². The molecule has 8 heteroatoms. The predicted molar refractivity (Wildman–Crippen MR) is 112 cm³/mol. The molecule has 0 saturated carbocycles. The number of carboxylic acids is 1. The van der Waals surface area contributed by atoms with Crippen LogP contribution in [0.1, 0.15) is 35.0 Å². The van der Waals surface area contributed by atoms with Gasteiger partial charge in [0, 0.05) is 10.4 Å². The number of aliphatic carboxylic acids is 1. The molecule has 0 fully saturated rings. The van der Waals surface area contributed by atoms with Crippen molar-refractivity contribution in [3.63, 3.8) is 0 Å². The van der Waals surface area contributed by atoms with Crippen LogP contribution in [-0.4, -0.2) is 29.6 Å². The number of hydrogen-bond acceptors (Lipinski definition) is 5. The van der Waals surface area contributed by atoms with E-state index in [1.54, 1.807) is 38.1 Å². The molecule has 0 spiro atoms. The number of carbonyl (C=O) groups is 3. The fourth-order valence-electron chi connectivity index (χ4n) is 3.58. The first kappa shape index (κ1) is 21.7. The van der Waals surface area contributed by atoms with Crippen LogP contribution in [0.4, 0.5) is 9.39 Å². The number of thiophene rings is 1. The van der Waals surface area contributed by atoms with Gasteiger partial charge < -0.3 is 15.2 Å². The van der Waals surface area contributed by atoms with Crippen molar-refractivity contribution in [2.24, 2.45) is 11.8 Å². The van der Waals surface area contributed by atoms with Crippen molar-refractivity contribution in [3.05, 3.63) is 52.7 Å². The fraction of sp³-hybridized carbons (Fsp3) is 0.318.